The summed E-state index contributed by atoms with van der Waals surface area (Å²) in [5, 5.41) is 0. The molecule has 2 aliphatic rings. The Labute approximate surface area is 218 Å². The van der Waals surface area contributed by atoms with E-state index >= 15 is 0 Å². The maximum Gasteiger partial charge on any atom is 0.410 e. The smallest absolute Gasteiger partial charge is 0.410 e. The molecule has 0 spiro atoms. The summed E-state index contributed by atoms with van der Waals surface area (Å²) in [6.45, 7) is 9.35. The molecule has 0 N–H and O–H groups in total. The van der Waals surface area contributed by atoms with Crippen LogP contribution < -0.4 is 0 Å². The molecule has 1 saturated heterocycles. The second-order valence-corrected chi connectivity index (χ2v) is 10.7. The van der Waals surface area contributed by atoms with Crippen LogP contribution in [0.4, 0.5) is 4.79 Å². The number of aromatic nitrogens is 2. The van der Waals surface area contributed by atoms with Gasteiger partial charge in [0.1, 0.15) is 22.6 Å². The van der Waals surface area contributed by atoms with Gasteiger partial charge >= 0.3 is 6.09 Å². The number of rotatable bonds is 3. The molecular weight excluding hydrogens is 464 g/mol. The summed E-state index contributed by atoms with van der Waals surface area (Å²) in [4.78, 5) is 34.9. The lowest BCUT2D eigenvalue weighted by Gasteiger charge is -2.35. The van der Waals surface area contributed by atoms with E-state index in [-0.39, 0.29) is 12.0 Å². The van der Waals surface area contributed by atoms with Crippen LogP contribution >= 0.6 is 0 Å². The first kappa shape index (κ1) is 24.8. The Morgan fingerprint density at radius 1 is 0.892 bits per heavy atom. The number of piperazine rings is 1. The van der Waals surface area contributed by atoms with Crippen molar-refractivity contribution < 1.29 is 14.3 Å². The Hall–Kier alpha value is -3.87. The maximum atomic E-state index is 14.0. The van der Waals surface area contributed by atoms with Gasteiger partial charge in [0.05, 0.1) is 0 Å². The minimum absolute atomic E-state index is 0.0859. The second-order valence-electron chi connectivity index (χ2n) is 10.7. The van der Waals surface area contributed by atoms with E-state index in [4.69, 9.17) is 9.72 Å². The van der Waals surface area contributed by atoms with Gasteiger partial charge in [-0.1, -0.05) is 48.1 Å². The lowest BCUT2D eigenvalue weighted by atomic mass is 10.0. The van der Waals surface area contributed by atoms with E-state index in [9.17, 15) is 9.59 Å². The monoisotopic (exact) mass is 498 g/mol. The van der Waals surface area contributed by atoms with Crippen LogP contribution in [0.25, 0.3) is 22.5 Å². The number of ether oxygens (including phenoxy) is 1. The number of amides is 2. The van der Waals surface area contributed by atoms with Gasteiger partial charge in [-0.25, -0.2) is 9.78 Å². The molecule has 1 aliphatic carbocycles. The quantitative estimate of drug-likeness (QED) is 0.462. The zero-order chi connectivity index (χ0) is 26.2. The summed E-state index contributed by atoms with van der Waals surface area (Å²) in [5.41, 5.74) is 5.67. The van der Waals surface area contributed by atoms with Crippen LogP contribution in [0.2, 0.25) is 0 Å². The van der Waals surface area contributed by atoms with E-state index in [1.807, 2.05) is 73.5 Å². The first-order valence-corrected chi connectivity index (χ1v) is 12.9. The van der Waals surface area contributed by atoms with E-state index in [0.717, 1.165) is 40.8 Å². The van der Waals surface area contributed by atoms with Crippen LogP contribution in [0.3, 0.4) is 0 Å². The van der Waals surface area contributed by atoms with Crippen LogP contribution in [-0.2, 0) is 4.74 Å². The third-order valence-corrected chi connectivity index (χ3v) is 6.69. The van der Waals surface area contributed by atoms with Crippen molar-refractivity contribution in [1.29, 1.82) is 0 Å². The lowest BCUT2D eigenvalue weighted by Crippen LogP contribution is -2.51. The normalized spacial score (nSPS) is 16.2. The maximum absolute atomic E-state index is 14.0. The Morgan fingerprint density at radius 3 is 2.22 bits per heavy atom. The molecule has 1 aliphatic heterocycles. The molecular formula is C30H34N4O3. The Balaban J connectivity index is 1.49. The number of imidazole rings is 1. The number of fused-ring (bicyclic) bond motifs is 1. The first-order valence-electron chi connectivity index (χ1n) is 12.9. The van der Waals surface area contributed by atoms with Crippen molar-refractivity contribution in [2.45, 2.75) is 46.1 Å². The first-order chi connectivity index (χ1) is 17.7. The molecule has 2 amide bonds. The van der Waals surface area contributed by atoms with Crippen molar-refractivity contribution in [1.82, 2.24) is 19.2 Å². The highest BCUT2D eigenvalue weighted by Crippen LogP contribution is 2.29. The summed E-state index contributed by atoms with van der Waals surface area (Å²) in [5.74, 6) is -0.0859. The molecule has 7 nitrogen and oxygen atoms in total. The van der Waals surface area contributed by atoms with Gasteiger partial charge in [-0.15, -0.1) is 0 Å². The van der Waals surface area contributed by atoms with Crippen molar-refractivity contribution in [3.05, 3.63) is 77.6 Å². The third-order valence-electron chi connectivity index (χ3n) is 6.69. The number of hydrogen-bond donors (Lipinski definition) is 0. The van der Waals surface area contributed by atoms with Crippen LogP contribution in [0.1, 0.15) is 55.2 Å². The minimum atomic E-state index is -0.551. The molecule has 0 unspecified atom stereocenters. The number of hydrogen-bond acceptors (Lipinski definition) is 4. The van der Waals surface area contributed by atoms with Crippen molar-refractivity contribution >= 4 is 23.2 Å². The molecule has 3 heterocycles. The van der Waals surface area contributed by atoms with Crippen molar-refractivity contribution in [3.8, 4) is 11.3 Å². The topological polar surface area (TPSA) is 67.2 Å². The molecule has 3 aromatic rings. The molecule has 2 aromatic heterocycles. The number of benzene rings is 1. The van der Waals surface area contributed by atoms with Crippen LogP contribution in [0.5, 0.6) is 0 Å². The van der Waals surface area contributed by atoms with Gasteiger partial charge in [-0.3, -0.25) is 9.20 Å². The highest BCUT2D eigenvalue weighted by atomic mass is 16.6. The SMILES string of the molecule is Cc1ccc(-c2nc3ccc(C4=CCCC=C4)cn3c2C(=O)N2CCN(C(=O)OC(C)(C)C)CC2)cc1. The fourth-order valence-electron chi connectivity index (χ4n) is 4.73. The van der Waals surface area contributed by atoms with E-state index in [0.29, 0.717) is 37.6 Å². The summed E-state index contributed by atoms with van der Waals surface area (Å²) >= 11 is 0. The number of carbonyl (C=O) groups excluding carboxylic acids is 2. The zero-order valence-corrected chi connectivity index (χ0v) is 22.0. The third kappa shape index (κ3) is 5.31. The molecule has 37 heavy (non-hydrogen) atoms. The van der Waals surface area contributed by atoms with Crippen LogP contribution in [0.15, 0.2) is 60.8 Å². The standard InChI is InChI=1S/C30H34N4O3/c1-21-10-12-23(13-11-21)26-27(28(35)32-16-18-33(19-17-32)29(36)37-30(2,3)4)34-20-24(14-15-25(34)31-26)22-8-6-5-7-9-22/h6,8-15,20H,5,7,16-19H2,1-4H3. The number of carbonyl (C=O) groups is 2. The van der Waals surface area contributed by atoms with Gasteiger partial charge in [0.2, 0.25) is 0 Å². The molecule has 192 valence electrons. The van der Waals surface area contributed by atoms with E-state index in [1.54, 1.807) is 4.90 Å². The lowest BCUT2D eigenvalue weighted by molar-refractivity contribution is 0.0140. The van der Waals surface area contributed by atoms with Gasteiger partial charge in [-0.2, -0.15) is 0 Å². The largest absolute Gasteiger partial charge is 0.444 e. The Bertz CT molecular complexity index is 1380. The van der Waals surface area contributed by atoms with Gasteiger partial charge in [-0.05, 0) is 63.8 Å². The van der Waals surface area contributed by atoms with Crippen molar-refractivity contribution in [2.24, 2.45) is 0 Å². The molecule has 7 heteroatoms. The number of aryl methyl sites for hydroxylation is 1. The molecule has 0 bridgehead atoms. The highest BCUT2D eigenvalue weighted by molar-refractivity contribution is 6.00. The summed E-state index contributed by atoms with van der Waals surface area (Å²) in [6, 6.07) is 12.2. The average Bonchev–Trinajstić information content (AvgIpc) is 3.27. The fraction of sp³-hybridized carbons (Fsp3) is 0.367. The van der Waals surface area contributed by atoms with Crippen LogP contribution in [-0.4, -0.2) is 63.0 Å². The van der Waals surface area contributed by atoms with Crippen LogP contribution in [0, 0.1) is 6.92 Å². The Morgan fingerprint density at radius 2 is 1.57 bits per heavy atom. The summed E-state index contributed by atoms with van der Waals surface area (Å²) < 4.78 is 7.45. The predicted octanol–water partition coefficient (Wildman–Crippen LogP) is 5.74. The Kier molecular flexibility index (Phi) is 6.63. The van der Waals surface area contributed by atoms with Crippen molar-refractivity contribution in [3.63, 3.8) is 0 Å². The van der Waals surface area contributed by atoms with Gasteiger partial charge < -0.3 is 14.5 Å². The highest BCUT2D eigenvalue weighted by Gasteiger charge is 2.31. The average molecular weight is 499 g/mol. The fourth-order valence-corrected chi connectivity index (χ4v) is 4.73. The molecule has 5 rings (SSSR count). The van der Waals surface area contributed by atoms with E-state index in [1.165, 1.54) is 0 Å². The number of pyridine rings is 1. The van der Waals surface area contributed by atoms with Gasteiger partial charge in [0.15, 0.2) is 0 Å². The molecule has 1 aromatic carbocycles. The van der Waals surface area contributed by atoms with E-state index < -0.39 is 5.60 Å². The number of nitrogens with zero attached hydrogens (tertiary/aromatic N) is 4. The molecule has 0 saturated carbocycles. The zero-order valence-electron chi connectivity index (χ0n) is 22.0. The molecule has 1 fully saturated rings. The molecule has 0 radical (unpaired) electrons. The van der Waals surface area contributed by atoms with Gasteiger partial charge in [0, 0.05) is 37.9 Å². The molecule has 0 atom stereocenters. The number of allylic oxidation sites excluding steroid dienone is 4. The summed E-state index contributed by atoms with van der Waals surface area (Å²) in [6.07, 6.45) is 10.3. The van der Waals surface area contributed by atoms with E-state index in [2.05, 4.69) is 24.3 Å². The summed E-state index contributed by atoms with van der Waals surface area (Å²) in [7, 11) is 0. The van der Waals surface area contributed by atoms with Crippen molar-refractivity contribution in [2.75, 3.05) is 26.2 Å². The second kappa shape index (κ2) is 9.88. The van der Waals surface area contributed by atoms with Gasteiger partial charge in [0.25, 0.3) is 5.91 Å². The minimum Gasteiger partial charge on any atom is -0.444 e. The predicted molar refractivity (Wildman–Crippen MR) is 145 cm³/mol.